The van der Waals surface area contributed by atoms with E-state index in [1.165, 1.54) is 19.2 Å². The van der Waals surface area contributed by atoms with E-state index in [-0.39, 0.29) is 11.1 Å². The normalized spacial score (nSPS) is 13.8. The smallest absolute Gasteiger partial charge is 0.338 e. The summed E-state index contributed by atoms with van der Waals surface area (Å²) in [4.78, 5) is 22.2. The fourth-order valence-corrected chi connectivity index (χ4v) is 1.38. The Kier molecular flexibility index (Phi) is 4.19. The summed E-state index contributed by atoms with van der Waals surface area (Å²) in [6.07, 6.45) is -3.34. The van der Waals surface area contributed by atoms with Crippen LogP contribution in [0.15, 0.2) is 24.3 Å². The molecule has 6 heteroatoms. The summed E-state index contributed by atoms with van der Waals surface area (Å²) in [5, 5.41) is 19.1. The number of aliphatic hydroxyl groups excluding tert-OH is 2. The molecule has 0 heterocycles. The zero-order valence-electron chi connectivity index (χ0n) is 9.16. The molecule has 0 aliphatic rings. The second kappa shape index (κ2) is 5.42. The van der Waals surface area contributed by atoms with Gasteiger partial charge in [0.15, 0.2) is 6.10 Å². The van der Waals surface area contributed by atoms with Crippen LogP contribution in [0.4, 0.5) is 0 Å². The second-order valence-corrected chi connectivity index (χ2v) is 3.37. The Hall–Kier alpha value is -1.92. The first-order valence-corrected chi connectivity index (χ1v) is 4.81. The van der Waals surface area contributed by atoms with Crippen molar-refractivity contribution in [3.05, 3.63) is 35.4 Å². The van der Waals surface area contributed by atoms with Crippen molar-refractivity contribution in [3.8, 4) is 0 Å². The Bertz CT molecular complexity index is 432. The van der Waals surface area contributed by atoms with Gasteiger partial charge in [0.25, 0.3) is 0 Å². The monoisotopic (exact) mass is 239 g/mol. The number of rotatable bonds is 4. The summed E-state index contributed by atoms with van der Waals surface area (Å²) >= 11 is 0. The number of amides is 1. The maximum atomic E-state index is 11.4. The van der Waals surface area contributed by atoms with Crippen LogP contribution in [0.5, 0.6) is 0 Å². The minimum absolute atomic E-state index is 0.0720. The predicted molar refractivity (Wildman–Crippen MR) is 57.9 cm³/mol. The van der Waals surface area contributed by atoms with E-state index < -0.39 is 24.1 Å². The molecule has 0 aromatic heterocycles. The van der Waals surface area contributed by atoms with Crippen molar-refractivity contribution in [3.63, 3.8) is 0 Å². The first kappa shape index (κ1) is 13.1. The lowest BCUT2D eigenvalue weighted by molar-refractivity contribution is -0.132. The van der Waals surface area contributed by atoms with Gasteiger partial charge >= 0.3 is 5.97 Å². The van der Waals surface area contributed by atoms with Gasteiger partial charge in [-0.2, -0.15) is 0 Å². The number of nitrogens with two attached hydrogens (primary N) is 1. The van der Waals surface area contributed by atoms with Gasteiger partial charge in [-0.1, -0.05) is 18.2 Å². The molecule has 1 rings (SSSR count). The third-order valence-electron chi connectivity index (χ3n) is 2.28. The minimum Gasteiger partial charge on any atom is -0.465 e. The summed E-state index contributed by atoms with van der Waals surface area (Å²) in [5.41, 5.74) is 5.03. The summed E-state index contributed by atoms with van der Waals surface area (Å²) in [6, 6.07) is 5.94. The molecule has 2 atom stereocenters. The van der Waals surface area contributed by atoms with Crippen LogP contribution in [0, 0.1) is 0 Å². The molecule has 0 spiro atoms. The van der Waals surface area contributed by atoms with Gasteiger partial charge < -0.3 is 20.7 Å². The van der Waals surface area contributed by atoms with Crippen LogP contribution in [0.3, 0.4) is 0 Å². The van der Waals surface area contributed by atoms with Crippen molar-refractivity contribution < 1.29 is 24.5 Å². The first-order valence-electron chi connectivity index (χ1n) is 4.81. The van der Waals surface area contributed by atoms with Crippen molar-refractivity contribution in [2.75, 3.05) is 7.11 Å². The molecule has 1 amide bonds. The number of carbonyl (C=O) groups excluding carboxylic acids is 2. The number of primary amides is 1. The van der Waals surface area contributed by atoms with Crippen LogP contribution in [-0.2, 0) is 9.53 Å². The minimum atomic E-state index is -1.78. The Morgan fingerprint density at radius 2 is 1.88 bits per heavy atom. The molecule has 4 N–H and O–H groups in total. The summed E-state index contributed by atoms with van der Waals surface area (Å²) in [5.74, 6) is -1.74. The average molecular weight is 239 g/mol. The number of esters is 1. The topological polar surface area (TPSA) is 110 Å². The molecule has 0 fully saturated rings. The van der Waals surface area contributed by atoms with E-state index in [2.05, 4.69) is 4.74 Å². The van der Waals surface area contributed by atoms with Gasteiger partial charge in [0, 0.05) is 0 Å². The second-order valence-electron chi connectivity index (χ2n) is 3.37. The molecule has 92 valence electrons. The largest absolute Gasteiger partial charge is 0.465 e. The molecule has 0 saturated carbocycles. The SMILES string of the molecule is COC(=O)c1ccccc1C(O)C(O)C(N)=O. The Morgan fingerprint density at radius 3 is 2.41 bits per heavy atom. The highest BCUT2D eigenvalue weighted by Gasteiger charge is 2.27. The van der Waals surface area contributed by atoms with E-state index in [0.29, 0.717) is 0 Å². The van der Waals surface area contributed by atoms with Crippen molar-refractivity contribution in [2.24, 2.45) is 5.73 Å². The lowest BCUT2D eigenvalue weighted by Gasteiger charge is -2.17. The molecule has 0 aliphatic heterocycles. The maximum absolute atomic E-state index is 11.4. The van der Waals surface area contributed by atoms with E-state index in [0.717, 1.165) is 0 Å². The van der Waals surface area contributed by atoms with Crippen molar-refractivity contribution >= 4 is 11.9 Å². The molecule has 0 radical (unpaired) electrons. The van der Waals surface area contributed by atoms with E-state index in [4.69, 9.17) is 5.73 Å². The van der Waals surface area contributed by atoms with E-state index in [1.807, 2.05) is 0 Å². The van der Waals surface area contributed by atoms with Crippen LogP contribution >= 0.6 is 0 Å². The number of benzene rings is 1. The highest BCUT2D eigenvalue weighted by molar-refractivity contribution is 5.91. The van der Waals surface area contributed by atoms with E-state index in [1.54, 1.807) is 12.1 Å². The lowest BCUT2D eigenvalue weighted by atomic mass is 9.98. The van der Waals surface area contributed by atoms with Gasteiger partial charge in [-0.05, 0) is 11.6 Å². The molecular weight excluding hydrogens is 226 g/mol. The highest BCUT2D eigenvalue weighted by Crippen LogP contribution is 2.21. The van der Waals surface area contributed by atoms with Crippen molar-refractivity contribution in [1.29, 1.82) is 0 Å². The molecule has 0 aliphatic carbocycles. The molecule has 2 unspecified atom stereocenters. The average Bonchev–Trinajstić information content (AvgIpc) is 2.35. The summed E-state index contributed by atoms with van der Waals surface area (Å²) in [7, 11) is 1.19. The predicted octanol–water partition coefficient (Wildman–Crippen LogP) is -0.647. The highest BCUT2D eigenvalue weighted by atomic mass is 16.5. The Morgan fingerprint density at radius 1 is 1.29 bits per heavy atom. The van der Waals surface area contributed by atoms with Crippen LogP contribution < -0.4 is 5.73 Å². The van der Waals surface area contributed by atoms with Gasteiger partial charge in [0.2, 0.25) is 5.91 Å². The number of ether oxygens (including phenoxy) is 1. The molecule has 17 heavy (non-hydrogen) atoms. The first-order chi connectivity index (χ1) is 7.99. The number of hydrogen-bond donors (Lipinski definition) is 3. The lowest BCUT2D eigenvalue weighted by Crippen LogP contribution is -2.34. The molecular formula is C11H13NO5. The van der Waals surface area contributed by atoms with Crippen LogP contribution in [0.25, 0.3) is 0 Å². The zero-order chi connectivity index (χ0) is 13.0. The number of carbonyl (C=O) groups is 2. The van der Waals surface area contributed by atoms with Crippen molar-refractivity contribution in [1.82, 2.24) is 0 Å². The Balaban J connectivity index is 3.13. The van der Waals surface area contributed by atoms with Crippen LogP contribution in [0.1, 0.15) is 22.0 Å². The van der Waals surface area contributed by atoms with Gasteiger partial charge in [-0.3, -0.25) is 4.79 Å². The molecule has 0 bridgehead atoms. The fourth-order valence-electron chi connectivity index (χ4n) is 1.38. The number of methoxy groups -OCH3 is 1. The molecule has 1 aromatic carbocycles. The molecule has 0 saturated heterocycles. The standard InChI is InChI=1S/C11H13NO5/c1-17-11(16)7-5-3-2-4-6(7)8(13)9(14)10(12)15/h2-5,8-9,13-14H,1H3,(H2,12,15). The third-order valence-corrected chi connectivity index (χ3v) is 2.28. The van der Waals surface area contributed by atoms with Crippen LogP contribution in [-0.4, -0.2) is 35.3 Å². The number of hydrogen-bond acceptors (Lipinski definition) is 5. The number of aliphatic hydroxyl groups is 2. The van der Waals surface area contributed by atoms with Gasteiger partial charge in [-0.15, -0.1) is 0 Å². The molecule has 1 aromatic rings. The third kappa shape index (κ3) is 2.80. The van der Waals surface area contributed by atoms with E-state index >= 15 is 0 Å². The van der Waals surface area contributed by atoms with Gasteiger partial charge in [0.1, 0.15) is 6.10 Å². The zero-order valence-corrected chi connectivity index (χ0v) is 9.16. The Labute approximate surface area is 97.6 Å². The summed E-state index contributed by atoms with van der Waals surface area (Å²) in [6.45, 7) is 0. The fraction of sp³-hybridized carbons (Fsp3) is 0.273. The van der Waals surface area contributed by atoms with Crippen molar-refractivity contribution in [2.45, 2.75) is 12.2 Å². The molecule has 6 nitrogen and oxygen atoms in total. The maximum Gasteiger partial charge on any atom is 0.338 e. The summed E-state index contributed by atoms with van der Waals surface area (Å²) < 4.78 is 4.52. The van der Waals surface area contributed by atoms with Gasteiger partial charge in [-0.25, -0.2) is 4.79 Å². The van der Waals surface area contributed by atoms with E-state index in [9.17, 15) is 19.8 Å². The van der Waals surface area contributed by atoms with Crippen LogP contribution in [0.2, 0.25) is 0 Å². The quantitative estimate of drug-likeness (QED) is 0.605. The van der Waals surface area contributed by atoms with Gasteiger partial charge in [0.05, 0.1) is 12.7 Å².